The summed E-state index contributed by atoms with van der Waals surface area (Å²) in [5, 5.41) is 37.6. The van der Waals surface area contributed by atoms with Crippen LogP contribution in [0.4, 0.5) is 4.79 Å². The van der Waals surface area contributed by atoms with E-state index in [9.17, 15) is 58.0 Å². The van der Waals surface area contributed by atoms with Crippen LogP contribution >= 0.6 is 19.5 Å². The smallest absolute Gasteiger partial charge is 0.403 e. The molecule has 0 radical (unpaired) electrons. The van der Waals surface area contributed by atoms with Gasteiger partial charge in [-0.15, -0.1) is 0 Å². The topological polar surface area (TPSA) is 334 Å². The standard InChI is InChI=1S/C38H59N8O13PS/c39-30(47)18-17-26(36(52)53)46-60(57,58)59-22-27(37(54)55)43-35(51)25-15-13-24(14-16-25)21-42-33(50)11-4-2-8-19-40-31(48)10-3-1-7-20-41-32(49)12-6-5-9-29-34-28(23-61-29)44-38(56)45-34/h13-16,26-29,34H,1-12,17-23H2,(H2,39,47)(H,40,48)(H,41,49)(H,42,50)(H,43,51)(H,52,53)(H,54,55)(H2,44,45,56)(H2,46,57,58)/t26-,27-,28?,29?,34?/m0/s1. The van der Waals surface area contributed by atoms with E-state index in [-0.39, 0.29) is 54.4 Å². The van der Waals surface area contributed by atoms with Crippen LogP contribution in [0.25, 0.3) is 0 Å². The molecule has 7 amide bonds. The number of benzene rings is 1. The molecule has 2 aliphatic heterocycles. The lowest BCUT2D eigenvalue weighted by Gasteiger charge is -2.21. The van der Waals surface area contributed by atoms with Crippen molar-refractivity contribution >= 4 is 67.0 Å². The molecule has 0 aliphatic carbocycles. The van der Waals surface area contributed by atoms with Gasteiger partial charge in [0.05, 0.1) is 18.7 Å². The second-order valence-corrected chi connectivity index (χ2v) is 17.7. The molecule has 2 saturated heterocycles. The van der Waals surface area contributed by atoms with Gasteiger partial charge in [0, 0.05) is 61.9 Å². The first-order valence-corrected chi connectivity index (χ1v) is 23.0. The van der Waals surface area contributed by atoms with Crippen molar-refractivity contribution in [2.45, 2.75) is 126 Å². The van der Waals surface area contributed by atoms with Crippen molar-refractivity contribution in [3.05, 3.63) is 35.4 Å². The maximum absolute atomic E-state index is 12.7. The Bertz CT molecular complexity index is 1720. The molecule has 2 fully saturated rings. The molecule has 23 heteroatoms. The van der Waals surface area contributed by atoms with E-state index < -0.39 is 63.0 Å². The summed E-state index contributed by atoms with van der Waals surface area (Å²) in [6, 6.07) is 2.72. The van der Waals surface area contributed by atoms with Gasteiger partial charge in [-0.3, -0.25) is 33.3 Å². The summed E-state index contributed by atoms with van der Waals surface area (Å²) in [6.45, 7) is 0.264. The monoisotopic (exact) mass is 898 g/mol. The Morgan fingerprint density at radius 3 is 1.93 bits per heavy atom. The zero-order valence-electron chi connectivity index (χ0n) is 34.0. The average molecular weight is 899 g/mol. The number of nitrogens with two attached hydrogens (primary N) is 1. The van der Waals surface area contributed by atoms with Crippen LogP contribution in [-0.2, 0) is 44.4 Å². The minimum Gasteiger partial charge on any atom is -0.480 e. The number of unbranched alkanes of at least 4 members (excludes halogenated alkanes) is 5. The molecule has 0 aromatic heterocycles. The van der Waals surface area contributed by atoms with Crippen molar-refractivity contribution in [2.75, 3.05) is 25.4 Å². The number of carbonyl (C=O) groups excluding carboxylic acids is 6. The first-order chi connectivity index (χ1) is 29.0. The summed E-state index contributed by atoms with van der Waals surface area (Å²) in [5.41, 5.74) is 5.69. The summed E-state index contributed by atoms with van der Waals surface area (Å²) < 4.78 is 17.0. The number of nitrogens with one attached hydrogen (secondary N) is 7. The second-order valence-electron chi connectivity index (χ2n) is 14.9. The van der Waals surface area contributed by atoms with E-state index in [4.69, 9.17) is 10.3 Å². The first kappa shape index (κ1) is 50.6. The quantitative estimate of drug-likeness (QED) is 0.0281. The predicted octanol–water partition coefficient (Wildman–Crippen LogP) is 0.990. The van der Waals surface area contributed by atoms with E-state index in [0.717, 1.165) is 57.1 Å². The van der Waals surface area contributed by atoms with Crippen molar-refractivity contribution in [2.24, 2.45) is 5.73 Å². The number of hydrogen-bond acceptors (Lipinski definition) is 11. The number of rotatable bonds is 31. The summed E-state index contributed by atoms with van der Waals surface area (Å²) in [4.78, 5) is 105. The van der Waals surface area contributed by atoms with E-state index >= 15 is 0 Å². The fourth-order valence-electron chi connectivity index (χ4n) is 6.50. The number of carbonyl (C=O) groups is 8. The van der Waals surface area contributed by atoms with Crippen molar-refractivity contribution in [3.63, 3.8) is 0 Å². The maximum atomic E-state index is 12.7. The Balaban J connectivity index is 1.17. The van der Waals surface area contributed by atoms with Crippen molar-refractivity contribution < 1.29 is 62.6 Å². The fourth-order valence-corrected chi connectivity index (χ4v) is 9.10. The highest BCUT2D eigenvalue weighted by Crippen LogP contribution is 2.38. The van der Waals surface area contributed by atoms with E-state index in [2.05, 4.69) is 31.9 Å². The van der Waals surface area contributed by atoms with Gasteiger partial charge in [-0.1, -0.05) is 31.4 Å². The van der Waals surface area contributed by atoms with Crippen LogP contribution in [0.3, 0.4) is 0 Å². The summed E-state index contributed by atoms with van der Waals surface area (Å²) in [6.07, 6.45) is 7.49. The Morgan fingerprint density at radius 1 is 0.787 bits per heavy atom. The zero-order valence-corrected chi connectivity index (χ0v) is 35.7. The number of aliphatic carboxylic acids is 2. The number of amides is 7. The predicted molar refractivity (Wildman–Crippen MR) is 223 cm³/mol. The average Bonchev–Trinajstić information content (AvgIpc) is 3.77. The molecule has 6 atom stereocenters. The van der Waals surface area contributed by atoms with Gasteiger partial charge < -0.3 is 52.7 Å². The molecule has 4 unspecified atom stereocenters. The Labute approximate surface area is 358 Å². The maximum Gasteiger partial charge on any atom is 0.403 e. The third-order valence-corrected chi connectivity index (χ3v) is 12.6. The van der Waals surface area contributed by atoms with Gasteiger partial charge in [-0.25, -0.2) is 19.2 Å². The van der Waals surface area contributed by atoms with Gasteiger partial charge >= 0.3 is 25.7 Å². The minimum absolute atomic E-state index is 0.0322. The van der Waals surface area contributed by atoms with Crippen LogP contribution in [0.5, 0.6) is 0 Å². The van der Waals surface area contributed by atoms with Gasteiger partial charge in [0.25, 0.3) is 5.91 Å². The fraction of sp³-hybridized carbons (Fsp3) is 0.632. The van der Waals surface area contributed by atoms with Crippen LogP contribution < -0.4 is 42.7 Å². The van der Waals surface area contributed by atoms with Crippen LogP contribution in [0.1, 0.15) is 106 Å². The lowest BCUT2D eigenvalue weighted by atomic mass is 10.0. The van der Waals surface area contributed by atoms with E-state index in [1.54, 1.807) is 12.1 Å². The van der Waals surface area contributed by atoms with Crippen LogP contribution in [0.15, 0.2) is 24.3 Å². The van der Waals surface area contributed by atoms with E-state index in [0.29, 0.717) is 43.2 Å². The Kier molecular flexibility index (Phi) is 22.0. The normalized spacial score (nSPS) is 18.6. The molecule has 12 N–H and O–H groups in total. The number of primary amides is 1. The third-order valence-electron chi connectivity index (χ3n) is 9.91. The zero-order chi connectivity index (χ0) is 44.8. The highest BCUT2D eigenvalue weighted by molar-refractivity contribution is 8.00. The minimum atomic E-state index is -4.89. The van der Waals surface area contributed by atoms with Gasteiger partial charge in [-0.2, -0.15) is 11.8 Å². The number of hydrogen-bond donors (Lipinski definition) is 11. The summed E-state index contributed by atoms with van der Waals surface area (Å²) in [7, 11) is -4.89. The molecule has 0 bridgehead atoms. The summed E-state index contributed by atoms with van der Waals surface area (Å²) in [5.74, 6) is -4.10. The molecular weight excluding hydrogens is 840 g/mol. The number of carboxylic acid groups (broad SMARTS) is 2. The van der Waals surface area contributed by atoms with E-state index in [1.165, 1.54) is 12.1 Å². The number of carboxylic acids is 2. The SMILES string of the molecule is NC(=O)CC[C@H](NP(=O)(O)OC[C@H](NC(=O)c1ccc(CNC(=O)CCCCCNC(=O)CCCCCNC(=O)CCCCC2SCC3NC(=O)NC32)cc1)C(=O)O)C(=O)O. The van der Waals surface area contributed by atoms with Gasteiger partial charge in [0.15, 0.2) is 6.04 Å². The third kappa shape index (κ3) is 20.1. The highest BCUT2D eigenvalue weighted by atomic mass is 32.2. The molecule has 0 spiro atoms. The molecule has 2 aliphatic rings. The molecule has 3 rings (SSSR count). The molecule has 61 heavy (non-hydrogen) atoms. The lowest BCUT2D eigenvalue weighted by Crippen LogP contribution is -2.44. The molecule has 21 nitrogen and oxygen atoms in total. The van der Waals surface area contributed by atoms with Crippen molar-refractivity contribution in [3.8, 4) is 0 Å². The molecule has 1 aromatic carbocycles. The van der Waals surface area contributed by atoms with Gasteiger partial charge in [0.2, 0.25) is 23.6 Å². The molecule has 1 aromatic rings. The number of urea groups is 1. The van der Waals surface area contributed by atoms with Crippen LogP contribution in [-0.4, -0.2) is 117 Å². The van der Waals surface area contributed by atoms with E-state index in [1.807, 2.05) is 16.8 Å². The molecule has 340 valence electrons. The van der Waals surface area contributed by atoms with Crippen molar-refractivity contribution in [1.82, 2.24) is 37.0 Å². The molecule has 2 heterocycles. The van der Waals surface area contributed by atoms with Crippen molar-refractivity contribution in [1.29, 1.82) is 0 Å². The van der Waals surface area contributed by atoms with Gasteiger partial charge in [0.1, 0.15) is 6.04 Å². The first-order valence-electron chi connectivity index (χ1n) is 20.4. The van der Waals surface area contributed by atoms with Crippen LogP contribution in [0, 0.1) is 0 Å². The Morgan fingerprint density at radius 2 is 1.36 bits per heavy atom. The summed E-state index contributed by atoms with van der Waals surface area (Å²) >= 11 is 1.87. The Hall–Kier alpha value is -4.76. The van der Waals surface area contributed by atoms with Gasteiger partial charge in [-0.05, 0) is 62.6 Å². The lowest BCUT2D eigenvalue weighted by molar-refractivity contribution is -0.141. The number of fused-ring (bicyclic) bond motifs is 1. The molecule has 0 saturated carbocycles. The number of thioether (sulfide) groups is 1. The second kappa shape index (κ2) is 26.5. The largest absolute Gasteiger partial charge is 0.480 e. The molecular formula is C38H59N8O13PS. The highest BCUT2D eigenvalue weighted by Gasteiger charge is 2.42. The van der Waals surface area contributed by atoms with Crippen LogP contribution in [0.2, 0.25) is 0 Å².